The highest BCUT2D eigenvalue weighted by Crippen LogP contribution is 2.89. The van der Waals surface area contributed by atoms with Crippen LogP contribution in [0.2, 0.25) is 0 Å². The number of aromatic nitrogens is 3. The third kappa shape index (κ3) is 3.07. The van der Waals surface area contributed by atoms with Crippen LogP contribution in [0.25, 0.3) is 11.3 Å². The van der Waals surface area contributed by atoms with E-state index in [4.69, 9.17) is 10.7 Å². The molecule has 0 amide bonds. The maximum absolute atomic E-state index is 13.4. The fraction of sp³-hybridized carbons (Fsp3) is 0.667. The van der Waals surface area contributed by atoms with Crippen LogP contribution in [0.1, 0.15) is 31.7 Å². The molecule has 2 aromatic heterocycles. The summed E-state index contributed by atoms with van der Waals surface area (Å²) in [6.07, 6.45) is 0.899. The minimum Gasteiger partial charge on any atom is -0.383 e. The number of alkyl halides is 3. The van der Waals surface area contributed by atoms with Gasteiger partial charge in [-0.3, -0.25) is 4.90 Å². The van der Waals surface area contributed by atoms with Crippen molar-refractivity contribution in [3.05, 3.63) is 29.8 Å². The maximum Gasteiger partial charge on any atom is 0.419 e. The molecule has 2 aromatic rings. The quantitative estimate of drug-likeness (QED) is 0.742. The first-order valence-corrected chi connectivity index (χ1v) is 12.0. The lowest BCUT2D eigenvalue weighted by atomic mass is 10.1. The van der Waals surface area contributed by atoms with Gasteiger partial charge in [0.25, 0.3) is 0 Å². The summed E-state index contributed by atoms with van der Waals surface area (Å²) >= 11 is 0. The molecule has 7 rings (SSSR count). The van der Waals surface area contributed by atoms with Crippen molar-refractivity contribution in [3.63, 3.8) is 0 Å². The van der Waals surface area contributed by atoms with Crippen molar-refractivity contribution in [2.24, 2.45) is 23.7 Å². The van der Waals surface area contributed by atoms with Crippen molar-refractivity contribution in [2.75, 3.05) is 39.0 Å². The van der Waals surface area contributed by atoms with E-state index in [9.17, 15) is 13.2 Å². The van der Waals surface area contributed by atoms with Crippen molar-refractivity contribution in [2.45, 2.75) is 44.4 Å². The standard InChI is InChI=1S/C24H31F3N6/c1-13(2)8-19-30-17(14-9-16(24(25,26)27)22(28)29-11-14)12-33(19)23-15-10-18(21(23)20(15)23)32-6-4-31(3)5-7-32/h9,11-13,15,18,20-21H,4-8,10H2,1-3H3,(H2,28,29)/t15-,18+,20-,21?,23-/m1/s1. The van der Waals surface area contributed by atoms with E-state index in [1.165, 1.54) is 12.6 Å². The van der Waals surface area contributed by atoms with E-state index in [0.717, 1.165) is 44.5 Å². The molecule has 3 heterocycles. The summed E-state index contributed by atoms with van der Waals surface area (Å²) < 4.78 is 42.6. The topological polar surface area (TPSA) is 63.2 Å². The Labute approximate surface area is 192 Å². The number of hydrogen-bond donors (Lipinski definition) is 1. The summed E-state index contributed by atoms with van der Waals surface area (Å²) in [5.74, 6) is 2.92. The second-order valence-electron chi connectivity index (χ2n) is 10.9. The smallest absolute Gasteiger partial charge is 0.383 e. The van der Waals surface area contributed by atoms with Crippen molar-refractivity contribution >= 4 is 5.82 Å². The Kier molecular flexibility index (Phi) is 4.51. The van der Waals surface area contributed by atoms with Gasteiger partial charge in [0.1, 0.15) is 11.6 Å². The van der Waals surface area contributed by atoms with Crippen LogP contribution in [0.5, 0.6) is 0 Å². The van der Waals surface area contributed by atoms with E-state index in [-0.39, 0.29) is 5.54 Å². The number of likely N-dealkylation sites (N-methyl/N-ethyl adjacent to an activating group) is 1. The van der Waals surface area contributed by atoms with Crippen LogP contribution in [-0.2, 0) is 18.1 Å². The molecule has 6 nitrogen and oxygen atoms in total. The molecule has 4 aliphatic carbocycles. The number of nitrogens with zero attached hydrogens (tertiary/aromatic N) is 5. The van der Waals surface area contributed by atoms with Gasteiger partial charge < -0.3 is 15.2 Å². The van der Waals surface area contributed by atoms with E-state index >= 15 is 0 Å². The van der Waals surface area contributed by atoms with Gasteiger partial charge in [0.15, 0.2) is 0 Å². The molecule has 4 saturated carbocycles. The SMILES string of the molecule is CC(C)Cc1nc(-c2cnc(N)c(C(F)(F)F)c2)cn1[C@]12C3[C@@H](N4CCN(C)CC4)C[C@@H]1[C@H]32. The predicted octanol–water partition coefficient (Wildman–Crippen LogP) is 3.34. The van der Waals surface area contributed by atoms with E-state index < -0.39 is 17.6 Å². The Balaban J connectivity index is 1.32. The third-order valence-corrected chi connectivity index (χ3v) is 8.49. The number of anilines is 1. The number of nitrogens with two attached hydrogens (primary N) is 1. The summed E-state index contributed by atoms with van der Waals surface area (Å²) in [4.78, 5) is 13.7. The Bertz CT molecular complexity index is 1080. The van der Waals surface area contributed by atoms with Gasteiger partial charge in [-0.05, 0) is 37.3 Å². The van der Waals surface area contributed by atoms with Crippen LogP contribution in [0.3, 0.4) is 0 Å². The molecule has 178 valence electrons. The molecule has 5 fully saturated rings. The lowest BCUT2D eigenvalue weighted by Crippen LogP contribution is -2.49. The molecule has 2 N–H and O–H groups in total. The average Bonchev–Trinajstić information content (AvgIpc) is 3.31. The van der Waals surface area contributed by atoms with Gasteiger partial charge in [0.05, 0.1) is 16.8 Å². The molecule has 1 aliphatic heterocycles. The Morgan fingerprint density at radius 1 is 1.18 bits per heavy atom. The highest BCUT2D eigenvalue weighted by Gasteiger charge is 2.93. The van der Waals surface area contributed by atoms with E-state index in [2.05, 4.69) is 40.2 Å². The minimum absolute atomic E-state index is 0.136. The summed E-state index contributed by atoms with van der Waals surface area (Å²) in [7, 11) is 2.18. The van der Waals surface area contributed by atoms with Gasteiger partial charge >= 0.3 is 6.18 Å². The summed E-state index contributed by atoms with van der Waals surface area (Å²) in [6.45, 7) is 8.79. The minimum atomic E-state index is -4.54. The normalized spacial score (nSPS) is 33.5. The summed E-state index contributed by atoms with van der Waals surface area (Å²) in [5.41, 5.74) is 5.69. The average molecular weight is 461 g/mol. The number of piperazine rings is 1. The first-order valence-electron chi connectivity index (χ1n) is 12.0. The van der Waals surface area contributed by atoms with E-state index in [1.54, 1.807) is 0 Å². The summed E-state index contributed by atoms with van der Waals surface area (Å²) in [6, 6.07) is 1.71. The van der Waals surface area contributed by atoms with Crippen LogP contribution >= 0.6 is 0 Å². The molecule has 0 aromatic carbocycles. The molecule has 5 aliphatic rings. The van der Waals surface area contributed by atoms with Crippen LogP contribution in [0.15, 0.2) is 18.5 Å². The molecule has 0 spiro atoms. The van der Waals surface area contributed by atoms with Gasteiger partial charge in [-0.2, -0.15) is 13.2 Å². The van der Waals surface area contributed by atoms with Crippen molar-refractivity contribution < 1.29 is 13.2 Å². The zero-order valence-corrected chi connectivity index (χ0v) is 19.3. The first-order chi connectivity index (χ1) is 15.6. The molecule has 5 atom stereocenters. The number of hydrogen-bond acceptors (Lipinski definition) is 5. The highest BCUT2D eigenvalue weighted by molar-refractivity contribution is 5.63. The molecule has 0 radical (unpaired) electrons. The van der Waals surface area contributed by atoms with Gasteiger partial charge in [-0.15, -0.1) is 0 Å². The zero-order chi connectivity index (χ0) is 23.3. The summed E-state index contributed by atoms with van der Waals surface area (Å²) in [5, 5.41) is 0. The zero-order valence-electron chi connectivity index (χ0n) is 19.3. The fourth-order valence-corrected chi connectivity index (χ4v) is 6.89. The number of rotatable bonds is 5. The van der Waals surface area contributed by atoms with Crippen LogP contribution in [-0.4, -0.2) is 63.6 Å². The fourth-order valence-electron chi connectivity index (χ4n) is 6.89. The molecule has 9 heteroatoms. The van der Waals surface area contributed by atoms with E-state index in [0.29, 0.717) is 41.0 Å². The molecule has 2 bridgehead atoms. The lowest BCUT2D eigenvalue weighted by molar-refractivity contribution is -0.137. The van der Waals surface area contributed by atoms with Gasteiger partial charge in [-0.1, -0.05) is 13.8 Å². The Hall–Kier alpha value is -2.13. The van der Waals surface area contributed by atoms with Crippen molar-refractivity contribution in [1.82, 2.24) is 24.3 Å². The molecular formula is C24H31F3N6. The van der Waals surface area contributed by atoms with Gasteiger partial charge in [0, 0.05) is 62.5 Å². The number of fused-ring (bicyclic) bond motifs is 1. The maximum atomic E-state index is 13.4. The van der Waals surface area contributed by atoms with Gasteiger partial charge in [-0.25, -0.2) is 9.97 Å². The van der Waals surface area contributed by atoms with Crippen LogP contribution in [0.4, 0.5) is 19.0 Å². The Morgan fingerprint density at radius 2 is 1.91 bits per heavy atom. The molecule has 33 heavy (non-hydrogen) atoms. The number of imidazole rings is 1. The second kappa shape index (κ2) is 6.95. The Morgan fingerprint density at radius 3 is 2.55 bits per heavy atom. The lowest BCUT2D eigenvalue weighted by Gasteiger charge is -2.36. The number of halogens is 3. The predicted molar refractivity (Wildman–Crippen MR) is 119 cm³/mol. The second-order valence-corrected chi connectivity index (χ2v) is 10.9. The molecule has 1 saturated heterocycles. The van der Waals surface area contributed by atoms with Crippen LogP contribution < -0.4 is 5.73 Å². The third-order valence-electron chi connectivity index (χ3n) is 8.49. The molecule has 1 unspecified atom stereocenters. The highest BCUT2D eigenvalue weighted by atomic mass is 19.4. The molecular weight excluding hydrogens is 429 g/mol. The van der Waals surface area contributed by atoms with Crippen LogP contribution in [0, 0.1) is 23.7 Å². The largest absolute Gasteiger partial charge is 0.419 e. The monoisotopic (exact) mass is 460 g/mol. The van der Waals surface area contributed by atoms with Crippen molar-refractivity contribution in [3.8, 4) is 11.3 Å². The first kappa shape index (κ1) is 21.4. The number of nitrogen functional groups attached to an aromatic ring is 1. The van der Waals surface area contributed by atoms with Gasteiger partial charge in [0.2, 0.25) is 0 Å². The number of pyridine rings is 1. The van der Waals surface area contributed by atoms with E-state index in [1.807, 2.05) is 6.20 Å². The van der Waals surface area contributed by atoms with Crippen molar-refractivity contribution in [1.29, 1.82) is 0 Å².